The molecule has 0 saturated carbocycles. The van der Waals surface area contributed by atoms with Crippen molar-refractivity contribution in [3.63, 3.8) is 0 Å². The lowest BCUT2D eigenvalue weighted by atomic mass is 10.0. The van der Waals surface area contributed by atoms with Gasteiger partial charge in [-0.3, -0.25) is 0 Å². The number of hydrogen-bond donors (Lipinski definition) is 1. The van der Waals surface area contributed by atoms with Crippen LogP contribution in [0.5, 0.6) is 0 Å². The van der Waals surface area contributed by atoms with Crippen LogP contribution in [-0.2, 0) is 9.53 Å². The fraction of sp³-hybridized carbons (Fsp3) is 0.385. The molecule has 1 atom stereocenters. The molecule has 1 rings (SSSR count). The molecule has 4 nitrogen and oxygen atoms in total. The molecule has 0 saturated heterocycles. The molecule has 0 spiro atoms. The highest BCUT2D eigenvalue weighted by Crippen LogP contribution is 2.28. The highest BCUT2D eigenvalue weighted by Gasteiger charge is 2.51. The molecular formula is C13H12F2I2O4. The lowest BCUT2D eigenvalue weighted by Gasteiger charge is -2.26. The normalized spacial score (nSPS) is 13.1. The molecule has 1 unspecified atom stereocenters. The van der Waals surface area contributed by atoms with Gasteiger partial charge in [-0.15, -0.1) is 0 Å². The molecule has 1 aromatic carbocycles. The van der Waals surface area contributed by atoms with Crippen molar-refractivity contribution in [1.29, 1.82) is 0 Å². The van der Waals surface area contributed by atoms with Crippen LogP contribution >= 0.6 is 45.2 Å². The monoisotopic (exact) mass is 524 g/mol. The van der Waals surface area contributed by atoms with Crippen molar-refractivity contribution in [2.45, 2.75) is 25.9 Å². The first-order valence-corrected chi connectivity index (χ1v) is 7.99. The Kier molecular flexibility index (Phi) is 6.32. The molecule has 0 amide bonds. The Morgan fingerprint density at radius 3 is 2.05 bits per heavy atom. The van der Waals surface area contributed by atoms with Crippen molar-refractivity contribution in [3.05, 3.63) is 30.9 Å². The Labute approximate surface area is 147 Å². The Morgan fingerprint density at radius 2 is 1.67 bits per heavy atom. The molecule has 0 fully saturated rings. The van der Waals surface area contributed by atoms with E-state index in [0.29, 0.717) is 0 Å². The number of ether oxygens (including phenoxy) is 1. The highest BCUT2D eigenvalue weighted by molar-refractivity contribution is 14.1. The minimum atomic E-state index is -4.14. The van der Waals surface area contributed by atoms with Crippen LogP contribution in [0.4, 0.5) is 8.78 Å². The van der Waals surface area contributed by atoms with Crippen molar-refractivity contribution in [1.82, 2.24) is 0 Å². The molecule has 116 valence electrons. The van der Waals surface area contributed by atoms with E-state index in [4.69, 9.17) is 9.84 Å². The van der Waals surface area contributed by atoms with Crippen molar-refractivity contribution >= 4 is 57.1 Å². The maximum Gasteiger partial charge on any atom is 0.378 e. The lowest BCUT2D eigenvalue weighted by molar-refractivity contribution is -0.187. The lowest BCUT2D eigenvalue weighted by Crippen LogP contribution is -2.47. The first-order valence-electron chi connectivity index (χ1n) is 5.84. The third-order valence-electron chi connectivity index (χ3n) is 2.58. The summed E-state index contributed by atoms with van der Waals surface area (Å²) in [6.07, 6.45) is -2.03. The molecule has 0 aliphatic heterocycles. The molecular weight excluding hydrogens is 512 g/mol. The quantitative estimate of drug-likeness (QED) is 0.471. The molecule has 0 heterocycles. The van der Waals surface area contributed by atoms with Crippen LogP contribution in [0.25, 0.3) is 0 Å². The van der Waals surface area contributed by atoms with E-state index >= 15 is 0 Å². The first kappa shape index (κ1) is 18.5. The fourth-order valence-corrected chi connectivity index (χ4v) is 3.54. The van der Waals surface area contributed by atoms with Crippen LogP contribution in [-0.4, -0.2) is 29.1 Å². The van der Waals surface area contributed by atoms with Crippen LogP contribution in [0, 0.1) is 13.1 Å². The topological polar surface area (TPSA) is 63.6 Å². The van der Waals surface area contributed by atoms with E-state index in [0.717, 1.165) is 7.14 Å². The number of carbonyl (C=O) groups excluding carboxylic acids is 1. The second-order valence-electron chi connectivity index (χ2n) is 4.66. The summed E-state index contributed by atoms with van der Waals surface area (Å²) in [5.74, 6) is -8.27. The molecule has 1 N–H and O–H groups in total. The van der Waals surface area contributed by atoms with Gasteiger partial charge in [0.2, 0.25) is 0 Å². The Morgan fingerprint density at radius 1 is 1.19 bits per heavy atom. The number of carboxylic acids is 1. The number of aliphatic carboxylic acids is 1. The summed E-state index contributed by atoms with van der Waals surface area (Å²) in [7, 11) is 0. The van der Waals surface area contributed by atoms with Crippen LogP contribution in [0.15, 0.2) is 18.2 Å². The third kappa shape index (κ3) is 4.73. The summed E-state index contributed by atoms with van der Waals surface area (Å²) in [6.45, 7) is 2.74. The van der Waals surface area contributed by atoms with Gasteiger partial charge in [0, 0.05) is 7.14 Å². The minimum Gasteiger partial charge on any atom is -0.477 e. The maximum atomic E-state index is 13.6. The smallest absolute Gasteiger partial charge is 0.378 e. The zero-order valence-electron chi connectivity index (χ0n) is 11.1. The van der Waals surface area contributed by atoms with Crippen molar-refractivity contribution < 1.29 is 28.2 Å². The number of rotatable bonds is 5. The number of alkyl halides is 2. The number of esters is 1. The van der Waals surface area contributed by atoms with E-state index in [2.05, 4.69) is 0 Å². The Bertz CT molecular complexity index is 541. The van der Waals surface area contributed by atoms with Gasteiger partial charge in [0.05, 0.1) is 5.56 Å². The minimum absolute atomic E-state index is 0.109. The van der Waals surface area contributed by atoms with E-state index in [-0.39, 0.29) is 5.56 Å². The summed E-state index contributed by atoms with van der Waals surface area (Å²) in [6, 6.07) is 4.77. The largest absolute Gasteiger partial charge is 0.477 e. The summed E-state index contributed by atoms with van der Waals surface area (Å²) in [4.78, 5) is 22.6. The summed E-state index contributed by atoms with van der Waals surface area (Å²) >= 11 is 3.97. The Hall–Kier alpha value is -0.520. The SMILES string of the molecule is CC(C)C(OC(=O)c1cc(I)cc(I)c1)C(F)(F)C(=O)O. The van der Waals surface area contributed by atoms with Crippen molar-refractivity contribution in [3.8, 4) is 0 Å². The van der Waals surface area contributed by atoms with Gasteiger partial charge in [0.15, 0.2) is 6.10 Å². The van der Waals surface area contributed by atoms with Crippen LogP contribution in [0.1, 0.15) is 24.2 Å². The predicted molar refractivity (Wildman–Crippen MR) is 88.5 cm³/mol. The zero-order chi connectivity index (χ0) is 16.4. The van der Waals surface area contributed by atoms with Crippen molar-refractivity contribution in [2.24, 2.45) is 5.92 Å². The standard InChI is InChI=1S/C13H12F2I2O4/c1-6(2)10(13(14,15)12(19)20)21-11(18)7-3-8(16)5-9(17)4-7/h3-6,10H,1-2H3,(H,19,20). The Balaban J connectivity index is 3.04. The van der Waals surface area contributed by atoms with Gasteiger partial charge >= 0.3 is 17.9 Å². The van der Waals surface area contributed by atoms with Gasteiger partial charge in [0.25, 0.3) is 0 Å². The molecule has 0 aliphatic carbocycles. The van der Waals surface area contributed by atoms with Gasteiger partial charge < -0.3 is 9.84 Å². The van der Waals surface area contributed by atoms with Gasteiger partial charge in [-0.25, -0.2) is 9.59 Å². The molecule has 21 heavy (non-hydrogen) atoms. The van der Waals surface area contributed by atoms with Crippen molar-refractivity contribution in [2.75, 3.05) is 0 Å². The summed E-state index contributed by atoms with van der Waals surface area (Å²) in [5, 5.41) is 8.59. The molecule has 1 aromatic rings. The second-order valence-corrected chi connectivity index (χ2v) is 7.15. The fourth-order valence-electron chi connectivity index (χ4n) is 1.61. The average molecular weight is 524 g/mol. The van der Waals surface area contributed by atoms with E-state index < -0.39 is 29.9 Å². The number of carbonyl (C=O) groups is 2. The zero-order valence-corrected chi connectivity index (χ0v) is 15.4. The number of carboxylic acid groups (broad SMARTS) is 1. The van der Waals surface area contributed by atoms with E-state index in [1.165, 1.54) is 26.0 Å². The number of halogens is 4. The predicted octanol–water partition coefficient (Wildman–Crippen LogP) is 3.80. The second kappa shape index (κ2) is 7.16. The molecule has 8 heteroatoms. The van der Waals surface area contributed by atoms with Gasteiger partial charge in [-0.05, 0) is 69.3 Å². The van der Waals surface area contributed by atoms with Crippen LogP contribution in [0.2, 0.25) is 0 Å². The molecule has 0 radical (unpaired) electrons. The summed E-state index contributed by atoms with van der Waals surface area (Å²) in [5.41, 5.74) is 0.109. The van der Waals surface area contributed by atoms with E-state index in [1.807, 2.05) is 45.2 Å². The van der Waals surface area contributed by atoms with Gasteiger partial charge in [-0.2, -0.15) is 8.78 Å². The maximum absolute atomic E-state index is 13.6. The van der Waals surface area contributed by atoms with Gasteiger partial charge in [-0.1, -0.05) is 13.8 Å². The molecule has 0 aliphatic rings. The van der Waals surface area contributed by atoms with Gasteiger partial charge in [0.1, 0.15) is 0 Å². The first-order chi connectivity index (χ1) is 9.55. The highest BCUT2D eigenvalue weighted by atomic mass is 127. The molecule has 0 bridgehead atoms. The van der Waals surface area contributed by atoms with Crippen LogP contribution in [0.3, 0.4) is 0 Å². The van der Waals surface area contributed by atoms with E-state index in [1.54, 1.807) is 6.07 Å². The average Bonchev–Trinajstić information content (AvgIpc) is 2.33. The molecule has 0 aromatic heterocycles. The van der Waals surface area contributed by atoms with E-state index in [9.17, 15) is 18.4 Å². The third-order valence-corrected chi connectivity index (χ3v) is 3.83. The number of benzene rings is 1. The van der Waals surface area contributed by atoms with Crippen LogP contribution < -0.4 is 0 Å². The number of hydrogen-bond acceptors (Lipinski definition) is 3. The summed E-state index contributed by atoms with van der Waals surface area (Å²) < 4.78 is 33.5.